The molecule has 2 rings (SSSR count). The molecule has 2 aromatic rings. The molecule has 5 heteroatoms. The smallest absolute Gasteiger partial charge is 0.342 e. The van der Waals surface area contributed by atoms with Gasteiger partial charge < -0.3 is 14.6 Å². The Kier molecular flexibility index (Phi) is 5.34. The Hall–Kier alpha value is -2.40. The minimum Gasteiger partial charge on any atom is -0.462 e. The number of carbonyl (C=O) groups is 1. The first-order valence-electron chi connectivity index (χ1n) is 7.36. The lowest BCUT2D eigenvalue weighted by Gasteiger charge is -2.14. The number of aliphatic hydroxyl groups is 1. The van der Waals surface area contributed by atoms with Gasteiger partial charge in [0.05, 0.1) is 12.7 Å². The van der Waals surface area contributed by atoms with E-state index in [0.717, 1.165) is 0 Å². The van der Waals surface area contributed by atoms with Crippen LogP contribution in [-0.4, -0.2) is 17.7 Å². The second kappa shape index (κ2) is 7.24. The van der Waals surface area contributed by atoms with E-state index >= 15 is 0 Å². The van der Waals surface area contributed by atoms with Gasteiger partial charge in [-0.25, -0.2) is 9.18 Å². The highest BCUT2D eigenvalue weighted by Gasteiger charge is 2.18. The normalized spacial score (nSPS) is 11.9. The van der Waals surface area contributed by atoms with Crippen LogP contribution in [0, 0.1) is 12.7 Å². The third kappa shape index (κ3) is 3.87. The van der Waals surface area contributed by atoms with E-state index in [0.29, 0.717) is 11.1 Å². The summed E-state index contributed by atoms with van der Waals surface area (Å²) in [6.07, 6.45) is -0.771. The number of halogens is 1. The lowest BCUT2D eigenvalue weighted by Crippen LogP contribution is -2.08. The molecule has 0 amide bonds. The molecule has 0 aliphatic heterocycles. The van der Waals surface area contributed by atoms with E-state index in [-0.39, 0.29) is 23.7 Å². The molecule has 2 aromatic carbocycles. The molecule has 1 N–H and O–H groups in total. The van der Waals surface area contributed by atoms with Gasteiger partial charge in [-0.05, 0) is 50.1 Å². The zero-order valence-electron chi connectivity index (χ0n) is 13.3. The Bertz CT molecular complexity index is 710. The van der Waals surface area contributed by atoms with Crippen LogP contribution in [0.5, 0.6) is 11.5 Å². The Morgan fingerprint density at radius 1 is 1.26 bits per heavy atom. The molecular formula is C18H19FO4. The summed E-state index contributed by atoms with van der Waals surface area (Å²) in [5.41, 5.74) is 1.40. The van der Waals surface area contributed by atoms with E-state index in [1.54, 1.807) is 45.0 Å². The molecule has 0 aliphatic carbocycles. The highest BCUT2D eigenvalue weighted by Crippen LogP contribution is 2.31. The molecule has 1 atom stereocenters. The number of carbonyl (C=O) groups excluding carboxylic acids is 1. The molecule has 122 valence electrons. The molecule has 0 saturated heterocycles. The fourth-order valence-electron chi connectivity index (χ4n) is 2.17. The molecule has 0 aromatic heterocycles. The summed E-state index contributed by atoms with van der Waals surface area (Å²) in [4.78, 5) is 12.1. The molecule has 0 aliphatic rings. The number of esters is 1. The Balaban J connectivity index is 2.37. The van der Waals surface area contributed by atoms with Crippen molar-refractivity contribution in [2.75, 3.05) is 6.61 Å². The first-order chi connectivity index (χ1) is 10.9. The van der Waals surface area contributed by atoms with E-state index in [9.17, 15) is 14.3 Å². The van der Waals surface area contributed by atoms with E-state index in [1.165, 1.54) is 12.1 Å². The van der Waals surface area contributed by atoms with Gasteiger partial charge in [0.15, 0.2) is 11.6 Å². The van der Waals surface area contributed by atoms with Gasteiger partial charge in [0.25, 0.3) is 0 Å². The molecule has 23 heavy (non-hydrogen) atoms. The third-order valence-corrected chi connectivity index (χ3v) is 3.37. The first-order valence-corrected chi connectivity index (χ1v) is 7.36. The van der Waals surface area contributed by atoms with E-state index in [2.05, 4.69) is 0 Å². The van der Waals surface area contributed by atoms with Crippen molar-refractivity contribution in [3.05, 3.63) is 58.9 Å². The topological polar surface area (TPSA) is 55.8 Å². The zero-order valence-corrected chi connectivity index (χ0v) is 13.3. The standard InChI is InChI=1S/C18H19FO4/c1-4-22-18(21)17-11(2)6-5-7-16(17)23-15-9-8-13(12(3)20)10-14(15)19/h5-10,12,20H,4H2,1-3H3. The lowest BCUT2D eigenvalue weighted by molar-refractivity contribution is 0.0522. The number of ether oxygens (including phenoxy) is 2. The van der Waals surface area contributed by atoms with Crippen LogP contribution in [0.25, 0.3) is 0 Å². The van der Waals surface area contributed by atoms with Crippen molar-refractivity contribution in [1.82, 2.24) is 0 Å². The number of rotatable bonds is 5. The number of benzene rings is 2. The van der Waals surface area contributed by atoms with Gasteiger partial charge in [-0.15, -0.1) is 0 Å². The van der Waals surface area contributed by atoms with Crippen molar-refractivity contribution in [2.24, 2.45) is 0 Å². The number of hydrogen-bond acceptors (Lipinski definition) is 4. The summed E-state index contributed by atoms with van der Waals surface area (Å²) in [6, 6.07) is 9.26. The quantitative estimate of drug-likeness (QED) is 0.841. The fraction of sp³-hybridized carbons (Fsp3) is 0.278. The van der Waals surface area contributed by atoms with Crippen LogP contribution in [-0.2, 0) is 4.74 Å². The van der Waals surface area contributed by atoms with Gasteiger partial charge in [-0.2, -0.15) is 0 Å². The molecule has 0 fully saturated rings. The first kappa shape index (κ1) is 17.0. The molecule has 0 bridgehead atoms. The van der Waals surface area contributed by atoms with Gasteiger partial charge in [-0.3, -0.25) is 0 Å². The van der Waals surface area contributed by atoms with E-state index < -0.39 is 17.9 Å². The fourth-order valence-corrected chi connectivity index (χ4v) is 2.17. The lowest BCUT2D eigenvalue weighted by atomic mass is 10.1. The predicted molar refractivity (Wildman–Crippen MR) is 84.2 cm³/mol. The summed E-state index contributed by atoms with van der Waals surface area (Å²) in [6.45, 7) is 5.26. The van der Waals surface area contributed by atoms with Crippen molar-refractivity contribution < 1.29 is 23.8 Å². The van der Waals surface area contributed by atoms with Crippen LogP contribution >= 0.6 is 0 Å². The summed E-state index contributed by atoms with van der Waals surface area (Å²) in [5.74, 6) is -0.918. The monoisotopic (exact) mass is 318 g/mol. The Labute approximate surface area is 134 Å². The summed E-state index contributed by atoms with van der Waals surface area (Å²) in [5, 5.41) is 9.47. The minimum absolute atomic E-state index is 0.0226. The highest BCUT2D eigenvalue weighted by molar-refractivity contribution is 5.94. The van der Waals surface area contributed by atoms with Gasteiger partial charge in [0.2, 0.25) is 0 Å². The average molecular weight is 318 g/mol. The van der Waals surface area contributed by atoms with Crippen LogP contribution in [0.4, 0.5) is 4.39 Å². The van der Waals surface area contributed by atoms with Crippen LogP contribution in [0.15, 0.2) is 36.4 Å². The van der Waals surface area contributed by atoms with Gasteiger partial charge >= 0.3 is 5.97 Å². The van der Waals surface area contributed by atoms with E-state index in [1.807, 2.05) is 0 Å². The number of aliphatic hydroxyl groups excluding tert-OH is 1. The second-order valence-electron chi connectivity index (χ2n) is 5.14. The molecular weight excluding hydrogens is 299 g/mol. The van der Waals surface area contributed by atoms with Gasteiger partial charge in [0.1, 0.15) is 11.3 Å². The zero-order chi connectivity index (χ0) is 17.0. The van der Waals surface area contributed by atoms with Crippen LogP contribution in [0.2, 0.25) is 0 Å². The maximum Gasteiger partial charge on any atom is 0.342 e. The van der Waals surface area contributed by atoms with Crippen molar-refractivity contribution in [2.45, 2.75) is 26.9 Å². The molecule has 0 radical (unpaired) electrons. The van der Waals surface area contributed by atoms with Crippen molar-refractivity contribution in [1.29, 1.82) is 0 Å². The van der Waals surface area contributed by atoms with Crippen LogP contribution < -0.4 is 4.74 Å². The second-order valence-corrected chi connectivity index (χ2v) is 5.14. The number of aryl methyl sites for hydroxylation is 1. The van der Waals surface area contributed by atoms with Gasteiger partial charge in [-0.1, -0.05) is 18.2 Å². The summed E-state index contributed by atoms with van der Waals surface area (Å²) in [7, 11) is 0. The van der Waals surface area contributed by atoms with Gasteiger partial charge in [0, 0.05) is 0 Å². The summed E-state index contributed by atoms with van der Waals surface area (Å²) >= 11 is 0. The maximum atomic E-state index is 14.1. The SMILES string of the molecule is CCOC(=O)c1c(C)cccc1Oc1ccc(C(C)O)cc1F. The van der Waals surface area contributed by atoms with Crippen LogP contribution in [0.1, 0.15) is 41.4 Å². The van der Waals surface area contributed by atoms with Crippen molar-refractivity contribution in [3.63, 3.8) is 0 Å². The van der Waals surface area contributed by atoms with Crippen molar-refractivity contribution >= 4 is 5.97 Å². The highest BCUT2D eigenvalue weighted by atomic mass is 19.1. The summed E-state index contributed by atoms with van der Waals surface area (Å²) < 4.78 is 24.7. The molecule has 0 saturated carbocycles. The predicted octanol–water partition coefficient (Wildman–Crippen LogP) is 4.16. The molecule has 0 heterocycles. The number of hydrogen-bond donors (Lipinski definition) is 1. The molecule has 4 nitrogen and oxygen atoms in total. The van der Waals surface area contributed by atoms with E-state index in [4.69, 9.17) is 9.47 Å². The maximum absolute atomic E-state index is 14.1. The minimum atomic E-state index is -0.771. The molecule has 0 spiro atoms. The third-order valence-electron chi connectivity index (χ3n) is 3.37. The Morgan fingerprint density at radius 3 is 2.61 bits per heavy atom. The van der Waals surface area contributed by atoms with Crippen molar-refractivity contribution in [3.8, 4) is 11.5 Å². The average Bonchev–Trinajstić information content (AvgIpc) is 2.49. The molecule has 1 unspecified atom stereocenters. The largest absolute Gasteiger partial charge is 0.462 e. The Morgan fingerprint density at radius 2 is 2.00 bits per heavy atom. The van der Waals surface area contributed by atoms with Crippen LogP contribution in [0.3, 0.4) is 0 Å².